The second kappa shape index (κ2) is 5.45. The number of rotatable bonds is 3. The molecule has 0 atom stereocenters. The Kier molecular flexibility index (Phi) is 3.16. The first-order valence-electron chi connectivity index (χ1n) is 6.88. The highest BCUT2D eigenvalue weighted by Crippen LogP contribution is 2.31. The molecule has 2 aromatic heterocycles. The molecule has 0 aliphatic rings. The average Bonchev–Trinajstić information content (AvgIpc) is 3.25. The predicted octanol–water partition coefficient (Wildman–Crippen LogP) is 3.12. The number of aromatic nitrogens is 5. The van der Waals surface area contributed by atoms with Gasteiger partial charge in [-0.2, -0.15) is 4.68 Å². The summed E-state index contributed by atoms with van der Waals surface area (Å²) in [4.78, 5) is 0. The van der Waals surface area contributed by atoms with E-state index in [9.17, 15) is 4.39 Å². The molecule has 4 rings (SSSR count). The molecule has 0 saturated heterocycles. The second-order valence-electron chi connectivity index (χ2n) is 4.83. The number of halogens is 1. The molecule has 23 heavy (non-hydrogen) atoms. The van der Waals surface area contributed by atoms with Gasteiger partial charge < -0.3 is 4.52 Å². The van der Waals surface area contributed by atoms with E-state index >= 15 is 0 Å². The molecule has 0 amide bonds. The van der Waals surface area contributed by atoms with Crippen molar-refractivity contribution in [2.45, 2.75) is 0 Å². The van der Waals surface area contributed by atoms with E-state index in [0.717, 1.165) is 5.69 Å². The molecule has 2 heterocycles. The first-order chi connectivity index (χ1) is 11.3. The molecule has 0 aliphatic heterocycles. The second-order valence-corrected chi connectivity index (χ2v) is 4.83. The lowest BCUT2D eigenvalue weighted by Gasteiger charge is -2.04. The van der Waals surface area contributed by atoms with Gasteiger partial charge in [-0.25, -0.2) is 4.39 Å². The minimum absolute atomic E-state index is 0.316. The molecular formula is C16H10FN5O. The molecule has 0 radical (unpaired) electrons. The van der Waals surface area contributed by atoms with Crippen LogP contribution in [-0.4, -0.2) is 25.4 Å². The Hall–Kier alpha value is -3.35. The molecule has 7 heteroatoms. The van der Waals surface area contributed by atoms with Crippen molar-refractivity contribution in [2.24, 2.45) is 0 Å². The summed E-state index contributed by atoms with van der Waals surface area (Å²) in [7, 11) is 0. The van der Waals surface area contributed by atoms with E-state index in [0.29, 0.717) is 22.7 Å². The summed E-state index contributed by atoms with van der Waals surface area (Å²) in [5.74, 6) is 0.665. The van der Waals surface area contributed by atoms with Crippen LogP contribution >= 0.6 is 0 Å². The highest BCUT2D eigenvalue weighted by atomic mass is 19.1. The van der Waals surface area contributed by atoms with Crippen molar-refractivity contribution >= 4 is 0 Å². The topological polar surface area (TPSA) is 69.6 Å². The molecule has 0 unspecified atom stereocenters. The van der Waals surface area contributed by atoms with Crippen LogP contribution in [0.3, 0.4) is 0 Å². The first kappa shape index (κ1) is 13.3. The fourth-order valence-corrected chi connectivity index (χ4v) is 2.31. The Labute approximate surface area is 130 Å². The Morgan fingerprint density at radius 1 is 0.957 bits per heavy atom. The van der Waals surface area contributed by atoms with Gasteiger partial charge in [0.25, 0.3) is 0 Å². The summed E-state index contributed by atoms with van der Waals surface area (Å²) in [5.41, 5.74) is 2.14. The van der Waals surface area contributed by atoms with E-state index in [2.05, 4.69) is 20.7 Å². The normalized spacial score (nSPS) is 10.8. The van der Waals surface area contributed by atoms with Gasteiger partial charge in [0.2, 0.25) is 0 Å². The van der Waals surface area contributed by atoms with Gasteiger partial charge in [0.05, 0.1) is 17.4 Å². The summed E-state index contributed by atoms with van der Waals surface area (Å²) in [6, 6.07) is 15.5. The summed E-state index contributed by atoms with van der Waals surface area (Å²) >= 11 is 0. The lowest BCUT2D eigenvalue weighted by atomic mass is 10.1. The van der Waals surface area contributed by atoms with E-state index in [1.165, 1.54) is 12.1 Å². The molecule has 0 bridgehead atoms. The van der Waals surface area contributed by atoms with Gasteiger partial charge in [-0.15, -0.1) is 5.10 Å². The zero-order chi connectivity index (χ0) is 15.6. The number of para-hydroxylation sites is 1. The van der Waals surface area contributed by atoms with Crippen LogP contribution in [0.2, 0.25) is 0 Å². The monoisotopic (exact) mass is 307 g/mol. The van der Waals surface area contributed by atoms with Crippen LogP contribution in [-0.2, 0) is 0 Å². The van der Waals surface area contributed by atoms with Gasteiger partial charge in [0.15, 0.2) is 11.6 Å². The van der Waals surface area contributed by atoms with Gasteiger partial charge >= 0.3 is 0 Å². The smallest absolute Gasteiger partial charge is 0.192 e. The molecule has 0 saturated carbocycles. The van der Waals surface area contributed by atoms with Crippen molar-refractivity contribution < 1.29 is 8.91 Å². The molecule has 0 aliphatic carbocycles. The van der Waals surface area contributed by atoms with Gasteiger partial charge in [-0.05, 0) is 46.8 Å². The maximum Gasteiger partial charge on any atom is 0.192 e. The molecule has 4 aromatic rings. The van der Waals surface area contributed by atoms with Gasteiger partial charge in [0.1, 0.15) is 5.82 Å². The largest absolute Gasteiger partial charge is 0.356 e. The molecule has 112 valence electrons. The van der Waals surface area contributed by atoms with Crippen molar-refractivity contribution in [1.29, 1.82) is 0 Å². The van der Waals surface area contributed by atoms with Crippen LogP contribution < -0.4 is 0 Å². The number of nitrogens with zero attached hydrogens (tertiary/aromatic N) is 5. The minimum Gasteiger partial charge on any atom is -0.356 e. The Balaban J connectivity index is 1.84. The maximum absolute atomic E-state index is 13.1. The third-order valence-electron chi connectivity index (χ3n) is 3.39. The Morgan fingerprint density at radius 2 is 1.74 bits per heavy atom. The molecule has 6 nitrogen and oxygen atoms in total. The van der Waals surface area contributed by atoms with Crippen molar-refractivity contribution in [3.8, 4) is 28.4 Å². The lowest BCUT2D eigenvalue weighted by Crippen LogP contribution is -1.99. The van der Waals surface area contributed by atoms with E-state index in [1.807, 2.05) is 30.3 Å². The molecular weight excluding hydrogens is 297 g/mol. The van der Waals surface area contributed by atoms with E-state index in [1.54, 1.807) is 23.0 Å². The zero-order valence-electron chi connectivity index (χ0n) is 11.8. The van der Waals surface area contributed by atoms with Crippen LogP contribution in [0.25, 0.3) is 28.4 Å². The summed E-state index contributed by atoms with van der Waals surface area (Å²) in [5, 5.41) is 15.7. The third-order valence-corrected chi connectivity index (χ3v) is 3.39. The molecule has 0 N–H and O–H groups in total. The summed E-state index contributed by atoms with van der Waals surface area (Å²) in [6.45, 7) is 0. The number of hydrogen-bond acceptors (Lipinski definition) is 5. The number of hydrogen-bond donors (Lipinski definition) is 0. The van der Waals surface area contributed by atoms with E-state index in [4.69, 9.17) is 4.52 Å². The molecule has 0 spiro atoms. The van der Waals surface area contributed by atoms with Crippen LogP contribution in [0.5, 0.6) is 0 Å². The van der Waals surface area contributed by atoms with Crippen LogP contribution in [0, 0.1) is 5.82 Å². The fourth-order valence-electron chi connectivity index (χ4n) is 2.31. The minimum atomic E-state index is -0.316. The predicted molar refractivity (Wildman–Crippen MR) is 80.0 cm³/mol. The van der Waals surface area contributed by atoms with Crippen LogP contribution in [0.4, 0.5) is 4.39 Å². The van der Waals surface area contributed by atoms with Crippen molar-refractivity contribution in [3.05, 3.63) is 66.6 Å². The number of benzene rings is 2. The SMILES string of the molecule is Fc1ccc(-c2oncc2-c2nnnn2-c2ccccc2)cc1. The van der Waals surface area contributed by atoms with Crippen molar-refractivity contribution in [3.63, 3.8) is 0 Å². The highest BCUT2D eigenvalue weighted by Gasteiger charge is 2.19. The first-order valence-corrected chi connectivity index (χ1v) is 6.88. The summed E-state index contributed by atoms with van der Waals surface area (Å²) in [6.07, 6.45) is 1.55. The lowest BCUT2D eigenvalue weighted by molar-refractivity contribution is 0.432. The van der Waals surface area contributed by atoms with E-state index < -0.39 is 0 Å². The van der Waals surface area contributed by atoms with Crippen LogP contribution in [0.1, 0.15) is 0 Å². The maximum atomic E-state index is 13.1. The van der Waals surface area contributed by atoms with E-state index in [-0.39, 0.29) is 5.82 Å². The number of tetrazole rings is 1. The molecule has 0 fully saturated rings. The Bertz CT molecular complexity index is 931. The third kappa shape index (κ3) is 2.38. The highest BCUT2D eigenvalue weighted by molar-refractivity contribution is 5.75. The fraction of sp³-hybridized carbons (Fsp3) is 0. The molecule has 2 aromatic carbocycles. The Morgan fingerprint density at radius 3 is 2.52 bits per heavy atom. The quantitative estimate of drug-likeness (QED) is 0.581. The van der Waals surface area contributed by atoms with Gasteiger partial charge in [-0.1, -0.05) is 23.4 Å². The van der Waals surface area contributed by atoms with Gasteiger partial charge in [0, 0.05) is 5.56 Å². The zero-order valence-corrected chi connectivity index (χ0v) is 11.8. The van der Waals surface area contributed by atoms with Gasteiger partial charge in [-0.3, -0.25) is 0 Å². The summed E-state index contributed by atoms with van der Waals surface area (Å²) < 4.78 is 20.0. The van der Waals surface area contributed by atoms with Crippen molar-refractivity contribution in [2.75, 3.05) is 0 Å². The average molecular weight is 307 g/mol. The van der Waals surface area contributed by atoms with Crippen LogP contribution in [0.15, 0.2) is 65.3 Å². The standard InChI is InChI=1S/C16H10FN5O/c17-12-8-6-11(7-9-12)15-14(10-18-23-15)16-19-20-21-22(16)13-4-2-1-3-5-13/h1-10H. The van der Waals surface area contributed by atoms with Crippen molar-refractivity contribution in [1.82, 2.24) is 25.4 Å².